The quantitative estimate of drug-likeness (QED) is 0.543. The summed E-state index contributed by atoms with van der Waals surface area (Å²) >= 11 is 0. The smallest absolute Gasteiger partial charge is 0.255 e. The van der Waals surface area contributed by atoms with Gasteiger partial charge >= 0.3 is 0 Å². The van der Waals surface area contributed by atoms with Gasteiger partial charge in [0.25, 0.3) is 11.8 Å². The highest BCUT2D eigenvalue weighted by atomic mass is 32.2. The molecule has 2 unspecified atom stereocenters. The molecule has 0 radical (unpaired) electrons. The number of morpholine rings is 1. The molecule has 2 heterocycles. The van der Waals surface area contributed by atoms with E-state index in [1.807, 2.05) is 13.8 Å². The first kappa shape index (κ1) is 24.5. The molecule has 1 fully saturated rings. The van der Waals surface area contributed by atoms with Crippen LogP contribution in [0.5, 0.6) is 0 Å². The number of rotatable bonds is 6. The first-order chi connectivity index (χ1) is 16.7. The molecule has 182 valence electrons. The van der Waals surface area contributed by atoms with Gasteiger partial charge in [0.2, 0.25) is 10.0 Å². The minimum Gasteiger partial charge on any atom is -0.373 e. The number of nitrogens with zero attached hydrogens (tertiary/aromatic N) is 2. The number of carbonyl (C=O) groups excluding carboxylic acids is 2. The van der Waals surface area contributed by atoms with Crippen molar-refractivity contribution < 1.29 is 22.7 Å². The third kappa shape index (κ3) is 5.91. The van der Waals surface area contributed by atoms with Gasteiger partial charge in [-0.15, -0.1) is 0 Å². The fourth-order valence-electron chi connectivity index (χ4n) is 3.85. The molecule has 2 atom stereocenters. The maximum absolute atomic E-state index is 13.2. The van der Waals surface area contributed by atoms with E-state index in [0.29, 0.717) is 16.9 Å². The topological polar surface area (TPSA) is 118 Å². The van der Waals surface area contributed by atoms with E-state index in [-0.39, 0.29) is 41.7 Å². The van der Waals surface area contributed by atoms with E-state index in [1.54, 1.807) is 54.9 Å². The van der Waals surface area contributed by atoms with Crippen molar-refractivity contribution in [1.82, 2.24) is 9.29 Å². The van der Waals surface area contributed by atoms with Crippen LogP contribution in [0, 0.1) is 0 Å². The molecule has 1 aromatic heterocycles. The lowest BCUT2D eigenvalue weighted by molar-refractivity contribution is -0.0440. The molecule has 2 aromatic carbocycles. The van der Waals surface area contributed by atoms with Crippen LogP contribution in [0.15, 0.2) is 78.0 Å². The summed E-state index contributed by atoms with van der Waals surface area (Å²) in [7, 11) is -3.79. The van der Waals surface area contributed by atoms with Gasteiger partial charge in [0.15, 0.2) is 0 Å². The van der Waals surface area contributed by atoms with Crippen LogP contribution < -0.4 is 10.6 Å². The molecule has 9 nitrogen and oxygen atoms in total. The molecule has 1 saturated heterocycles. The molecule has 0 saturated carbocycles. The third-order valence-corrected chi connectivity index (χ3v) is 7.27. The highest BCUT2D eigenvalue weighted by molar-refractivity contribution is 7.89. The Labute approximate surface area is 204 Å². The van der Waals surface area contributed by atoms with Gasteiger partial charge in [-0.1, -0.05) is 12.1 Å². The molecule has 0 aliphatic carbocycles. The average Bonchev–Trinajstić information content (AvgIpc) is 2.84. The lowest BCUT2D eigenvalue weighted by Gasteiger charge is -2.34. The monoisotopic (exact) mass is 494 g/mol. The van der Waals surface area contributed by atoms with Crippen molar-refractivity contribution in [1.29, 1.82) is 0 Å². The van der Waals surface area contributed by atoms with Crippen LogP contribution in [0.4, 0.5) is 11.4 Å². The summed E-state index contributed by atoms with van der Waals surface area (Å²) in [4.78, 5) is 29.4. The fraction of sp³-hybridized carbons (Fsp3) is 0.240. The standard InChI is InChI=1S/C25H26N4O5S/c1-17-15-29(16-18(2)34-17)35(32,33)23-8-4-6-20(14-23)25(31)28-22-7-3-5-19(13-22)24(30)27-21-9-11-26-12-10-21/h3-14,17-18H,15-16H2,1-2H3,(H,28,31)(H,26,27,30). The van der Waals surface area contributed by atoms with Crippen LogP contribution in [-0.2, 0) is 14.8 Å². The van der Waals surface area contributed by atoms with E-state index in [4.69, 9.17) is 4.74 Å². The molecule has 2 N–H and O–H groups in total. The van der Waals surface area contributed by atoms with Crippen LogP contribution in [0.25, 0.3) is 0 Å². The van der Waals surface area contributed by atoms with Crippen molar-refractivity contribution in [3.8, 4) is 0 Å². The zero-order valence-electron chi connectivity index (χ0n) is 19.3. The van der Waals surface area contributed by atoms with Gasteiger partial charge in [-0.05, 0) is 62.4 Å². The van der Waals surface area contributed by atoms with Crippen LogP contribution in [0.2, 0.25) is 0 Å². The molecule has 35 heavy (non-hydrogen) atoms. The van der Waals surface area contributed by atoms with Crippen molar-refractivity contribution in [2.45, 2.75) is 31.0 Å². The average molecular weight is 495 g/mol. The van der Waals surface area contributed by atoms with Crippen molar-refractivity contribution in [2.75, 3.05) is 23.7 Å². The number of sulfonamides is 1. The molecule has 0 spiro atoms. The molecular formula is C25H26N4O5S. The minimum absolute atomic E-state index is 0.0388. The van der Waals surface area contributed by atoms with Crippen molar-refractivity contribution in [3.05, 3.63) is 84.2 Å². The minimum atomic E-state index is -3.79. The third-order valence-electron chi connectivity index (χ3n) is 5.44. The molecule has 1 aliphatic rings. The number of hydrogen-bond acceptors (Lipinski definition) is 6. The van der Waals surface area contributed by atoms with E-state index in [1.165, 1.54) is 22.5 Å². The maximum atomic E-state index is 13.2. The Morgan fingerprint density at radius 3 is 2.09 bits per heavy atom. The Balaban J connectivity index is 1.49. The Kier molecular flexibility index (Phi) is 7.25. The van der Waals surface area contributed by atoms with Crippen LogP contribution >= 0.6 is 0 Å². The predicted octanol–water partition coefficient (Wildman–Crippen LogP) is 3.38. The largest absolute Gasteiger partial charge is 0.373 e. The molecular weight excluding hydrogens is 468 g/mol. The summed E-state index contributed by atoms with van der Waals surface area (Å²) in [6, 6.07) is 15.7. The van der Waals surface area contributed by atoms with Gasteiger partial charge < -0.3 is 15.4 Å². The summed E-state index contributed by atoms with van der Waals surface area (Å²) < 4.78 is 33.4. The molecule has 2 amide bonds. The molecule has 1 aliphatic heterocycles. The number of anilines is 2. The van der Waals surface area contributed by atoms with Crippen molar-refractivity contribution >= 4 is 33.2 Å². The van der Waals surface area contributed by atoms with Gasteiger partial charge in [0.1, 0.15) is 0 Å². The van der Waals surface area contributed by atoms with Gasteiger partial charge in [0.05, 0.1) is 17.1 Å². The van der Waals surface area contributed by atoms with Gasteiger partial charge in [0, 0.05) is 48.0 Å². The predicted molar refractivity (Wildman–Crippen MR) is 132 cm³/mol. The van der Waals surface area contributed by atoms with E-state index < -0.39 is 15.9 Å². The summed E-state index contributed by atoms with van der Waals surface area (Å²) in [6.07, 6.45) is 2.70. The van der Waals surface area contributed by atoms with E-state index >= 15 is 0 Å². The summed E-state index contributed by atoms with van der Waals surface area (Å²) in [6.45, 7) is 4.15. The Bertz CT molecular complexity index is 1320. The molecule has 4 rings (SSSR count). The van der Waals surface area contributed by atoms with E-state index in [2.05, 4.69) is 15.6 Å². The van der Waals surface area contributed by atoms with E-state index in [0.717, 1.165) is 0 Å². The summed E-state index contributed by atoms with van der Waals surface area (Å²) in [5.74, 6) is -0.827. The van der Waals surface area contributed by atoms with Crippen molar-refractivity contribution in [2.24, 2.45) is 0 Å². The SMILES string of the molecule is CC1CN(S(=O)(=O)c2cccc(C(=O)Nc3cccc(C(=O)Nc4ccncc4)c3)c2)CC(C)O1. The molecule has 0 bridgehead atoms. The highest BCUT2D eigenvalue weighted by Crippen LogP contribution is 2.22. The van der Waals surface area contributed by atoms with Gasteiger partial charge in [-0.3, -0.25) is 14.6 Å². The number of hydrogen-bond donors (Lipinski definition) is 2. The van der Waals surface area contributed by atoms with Crippen molar-refractivity contribution in [3.63, 3.8) is 0 Å². The lowest BCUT2D eigenvalue weighted by Crippen LogP contribution is -2.48. The zero-order valence-corrected chi connectivity index (χ0v) is 20.2. The van der Waals surface area contributed by atoms with Crippen LogP contribution in [0.3, 0.4) is 0 Å². The first-order valence-corrected chi connectivity index (χ1v) is 12.5. The number of carbonyl (C=O) groups is 2. The Morgan fingerprint density at radius 2 is 1.43 bits per heavy atom. The summed E-state index contributed by atoms with van der Waals surface area (Å²) in [5, 5.41) is 5.49. The fourth-order valence-corrected chi connectivity index (χ4v) is 5.49. The maximum Gasteiger partial charge on any atom is 0.255 e. The zero-order chi connectivity index (χ0) is 25.0. The Hall–Kier alpha value is -3.60. The highest BCUT2D eigenvalue weighted by Gasteiger charge is 2.32. The Morgan fingerprint density at radius 1 is 0.857 bits per heavy atom. The second-order valence-electron chi connectivity index (χ2n) is 8.33. The molecule has 10 heteroatoms. The number of aromatic nitrogens is 1. The van der Waals surface area contributed by atoms with Crippen LogP contribution in [0.1, 0.15) is 34.6 Å². The van der Waals surface area contributed by atoms with Gasteiger partial charge in [-0.25, -0.2) is 8.42 Å². The van der Waals surface area contributed by atoms with E-state index in [9.17, 15) is 18.0 Å². The number of amides is 2. The normalized spacial score (nSPS) is 18.6. The second kappa shape index (κ2) is 10.3. The summed E-state index contributed by atoms with van der Waals surface area (Å²) in [5.41, 5.74) is 1.54. The van der Waals surface area contributed by atoms with Gasteiger partial charge in [-0.2, -0.15) is 4.31 Å². The van der Waals surface area contributed by atoms with Crippen LogP contribution in [-0.4, -0.2) is 54.8 Å². The molecule has 3 aromatic rings. The number of benzene rings is 2. The first-order valence-electron chi connectivity index (χ1n) is 11.1. The lowest BCUT2D eigenvalue weighted by atomic mass is 10.1. The second-order valence-corrected chi connectivity index (χ2v) is 10.3. The number of pyridine rings is 1. The number of ether oxygens (including phenoxy) is 1. The number of nitrogens with one attached hydrogen (secondary N) is 2.